The van der Waals surface area contributed by atoms with Gasteiger partial charge < -0.3 is 44.2 Å². The summed E-state index contributed by atoms with van der Waals surface area (Å²) < 4.78 is 20.3. The molecule has 0 bridgehead atoms. The van der Waals surface area contributed by atoms with Gasteiger partial charge in [-0.25, -0.2) is 9.59 Å². The quantitative estimate of drug-likeness (QED) is 0.399. The van der Waals surface area contributed by atoms with Gasteiger partial charge in [0.1, 0.15) is 18.3 Å². The predicted molar refractivity (Wildman–Crippen MR) is 85.6 cm³/mol. The maximum absolute atomic E-state index is 11.4. The van der Waals surface area contributed by atoms with Crippen LogP contribution in [0.5, 0.6) is 17.2 Å². The molecule has 11 nitrogen and oxygen atoms in total. The highest BCUT2D eigenvalue weighted by Gasteiger charge is 2.48. The summed E-state index contributed by atoms with van der Waals surface area (Å²) in [5.74, 6) is -2.72. The fraction of sp³-hybridized carbons (Fsp3) is 0.375. The number of aliphatic hydroxyl groups is 3. The first kappa shape index (κ1) is 18.9. The van der Waals surface area contributed by atoms with Crippen LogP contribution in [0.3, 0.4) is 0 Å². The molecule has 1 aliphatic rings. The number of hydrogen-bond donors (Lipinski definition) is 5. The SMILES string of the molecule is COc1cc2ccc(=O)oc2c(O)c1OC1O[C@H](C(=O)O)[C@@H](O)[C@H](O)[C@H]1O. The van der Waals surface area contributed by atoms with Gasteiger partial charge in [0.2, 0.25) is 17.8 Å². The van der Waals surface area contributed by atoms with Crippen LogP contribution >= 0.6 is 0 Å². The van der Waals surface area contributed by atoms with E-state index in [0.717, 1.165) is 6.07 Å². The molecule has 1 aliphatic heterocycles. The van der Waals surface area contributed by atoms with Crippen molar-refractivity contribution in [2.45, 2.75) is 30.7 Å². The summed E-state index contributed by atoms with van der Waals surface area (Å²) in [5, 5.41) is 49.3. The third kappa shape index (κ3) is 3.28. The minimum atomic E-state index is -1.90. The molecule has 3 rings (SSSR count). The molecular formula is C16H16O11. The number of rotatable bonds is 4. The second-order valence-corrected chi connectivity index (χ2v) is 5.78. The fourth-order valence-electron chi connectivity index (χ4n) is 2.68. The number of aliphatic carboxylic acids is 1. The molecule has 5 atom stereocenters. The largest absolute Gasteiger partial charge is 0.502 e. The highest BCUT2D eigenvalue weighted by Crippen LogP contribution is 2.43. The van der Waals surface area contributed by atoms with E-state index in [1.807, 2.05) is 0 Å². The van der Waals surface area contributed by atoms with Gasteiger partial charge in [0.05, 0.1) is 7.11 Å². The van der Waals surface area contributed by atoms with E-state index in [-0.39, 0.29) is 11.3 Å². The van der Waals surface area contributed by atoms with Gasteiger partial charge in [-0.1, -0.05) is 0 Å². The standard InChI is InChI=1S/C16H16O11/c1-24-6-4-5-2-3-7(17)25-12(5)11(21)13(6)26-16-10(20)8(18)9(19)14(27-16)15(22)23/h2-4,8-10,14,16,18-21H,1H3,(H,22,23)/t8-,9-,10+,14-,16?/m0/s1. The Morgan fingerprint density at radius 3 is 2.48 bits per heavy atom. The van der Waals surface area contributed by atoms with Crippen molar-refractivity contribution in [1.82, 2.24) is 0 Å². The molecule has 1 saturated heterocycles. The maximum Gasteiger partial charge on any atom is 0.336 e. The number of carboxylic acid groups (broad SMARTS) is 1. The van der Waals surface area contributed by atoms with E-state index in [4.69, 9.17) is 23.7 Å². The smallest absolute Gasteiger partial charge is 0.336 e. The number of carbonyl (C=O) groups is 1. The van der Waals surface area contributed by atoms with Crippen molar-refractivity contribution in [1.29, 1.82) is 0 Å². The van der Waals surface area contributed by atoms with Crippen molar-refractivity contribution in [2.75, 3.05) is 7.11 Å². The van der Waals surface area contributed by atoms with E-state index in [2.05, 4.69) is 0 Å². The predicted octanol–water partition coefficient (Wildman–Crippen LogP) is -1.22. The topological polar surface area (TPSA) is 176 Å². The molecule has 2 aromatic rings. The van der Waals surface area contributed by atoms with Gasteiger partial charge in [-0.3, -0.25) is 0 Å². The molecular weight excluding hydrogens is 368 g/mol. The Balaban J connectivity index is 2.03. The van der Waals surface area contributed by atoms with Crippen LogP contribution in [0.2, 0.25) is 0 Å². The second-order valence-electron chi connectivity index (χ2n) is 5.78. The zero-order valence-corrected chi connectivity index (χ0v) is 13.8. The molecule has 1 fully saturated rings. The lowest BCUT2D eigenvalue weighted by Crippen LogP contribution is -2.61. The lowest BCUT2D eigenvalue weighted by atomic mass is 9.99. The van der Waals surface area contributed by atoms with Gasteiger partial charge in [-0.15, -0.1) is 0 Å². The van der Waals surface area contributed by atoms with E-state index < -0.39 is 53.8 Å². The lowest BCUT2D eigenvalue weighted by Gasteiger charge is -2.38. The summed E-state index contributed by atoms with van der Waals surface area (Å²) in [6.07, 6.45) is -9.31. The Hall–Kier alpha value is -2.86. The van der Waals surface area contributed by atoms with Crippen LogP contribution in [0.4, 0.5) is 0 Å². The monoisotopic (exact) mass is 384 g/mol. The van der Waals surface area contributed by atoms with Crippen LogP contribution in [-0.4, -0.2) is 69.3 Å². The Kier molecular flexibility index (Phi) is 4.93. The van der Waals surface area contributed by atoms with Crippen molar-refractivity contribution in [2.24, 2.45) is 0 Å². The summed E-state index contributed by atoms with van der Waals surface area (Å²) >= 11 is 0. The van der Waals surface area contributed by atoms with Crippen molar-refractivity contribution in [3.8, 4) is 17.2 Å². The van der Waals surface area contributed by atoms with Crippen molar-refractivity contribution in [3.63, 3.8) is 0 Å². The first-order valence-electron chi connectivity index (χ1n) is 7.67. The number of aromatic hydroxyl groups is 1. The number of benzene rings is 1. The highest BCUT2D eigenvalue weighted by atomic mass is 16.7. The summed E-state index contributed by atoms with van der Waals surface area (Å²) in [6.45, 7) is 0. The van der Waals surface area contributed by atoms with Gasteiger partial charge in [0.25, 0.3) is 0 Å². The summed E-state index contributed by atoms with van der Waals surface area (Å²) in [6, 6.07) is 3.87. The number of aliphatic hydroxyl groups excluding tert-OH is 3. The van der Waals surface area contributed by atoms with E-state index >= 15 is 0 Å². The molecule has 11 heteroatoms. The Labute approximate surface area is 150 Å². The average Bonchev–Trinajstić information content (AvgIpc) is 2.63. The Morgan fingerprint density at radius 1 is 1.15 bits per heavy atom. The number of carboxylic acids is 1. The Bertz CT molecular complexity index is 920. The molecule has 0 saturated carbocycles. The van der Waals surface area contributed by atoms with Crippen LogP contribution in [0.25, 0.3) is 11.0 Å². The fourth-order valence-corrected chi connectivity index (χ4v) is 2.68. The number of ether oxygens (including phenoxy) is 3. The van der Waals surface area contributed by atoms with Gasteiger partial charge in [-0.2, -0.15) is 0 Å². The zero-order valence-electron chi connectivity index (χ0n) is 13.8. The second kappa shape index (κ2) is 7.04. The molecule has 146 valence electrons. The Morgan fingerprint density at radius 2 is 1.85 bits per heavy atom. The zero-order chi connectivity index (χ0) is 19.9. The molecule has 1 aromatic carbocycles. The summed E-state index contributed by atoms with van der Waals surface area (Å²) in [5.41, 5.74) is -0.980. The average molecular weight is 384 g/mol. The molecule has 0 amide bonds. The van der Waals surface area contributed by atoms with Gasteiger partial charge in [-0.05, 0) is 12.1 Å². The van der Waals surface area contributed by atoms with E-state index in [1.54, 1.807) is 0 Å². The lowest BCUT2D eigenvalue weighted by molar-refractivity contribution is -0.271. The van der Waals surface area contributed by atoms with Crippen LogP contribution in [-0.2, 0) is 9.53 Å². The van der Waals surface area contributed by atoms with Crippen molar-refractivity contribution in [3.05, 3.63) is 28.6 Å². The van der Waals surface area contributed by atoms with Gasteiger partial charge in [0.15, 0.2) is 17.4 Å². The molecule has 27 heavy (non-hydrogen) atoms. The van der Waals surface area contributed by atoms with Crippen LogP contribution in [0, 0.1) is 0 Å². The molecule has 1 unspecified atom stereocenters. The van der Waals surface area contributed by atoms with E-state index in [0.29, 0.717) is 5.39 Å². The van der Waals surface area contributed by atoms with Crippen molar-refractivity contribution < 1.29 is 49.0 Å². The van der Waals surface area contributed by atoms with Crippen LogP contribution < -0.4 is 15.1 Å². The number of methoxy groups -OCH3 is 1. The molecule has 5 N–H and O–H groups in total. The van der Waals surface area contributed by atoms with Crippen LogP contribution in [0.1, 0.15) is 0 Å². The molecule has 0 aliphatic carbocycles. The first-order valence-corrected chi connectivity index (χ1v) is 7.67. The number of fused-ring (bicyclic) bond motifs is 1. The van der Waals surface area contributed by atoms with Crippen LogP contribution in [0.15, 0.2) is 27.4 Å². The highest BCUT2D eigenvalue weighted by molar-refractivity contribution is 5.87. The van der Waals surface area contributed by atoms with Gasteiger partial charge in [0, 0.05) is 11.5 Å². The molecule has 1 aromatic heterocycles. The molecule has 0 radical (unpaired) electrons. The number of hydrogen-bond acceptors (Lipinski definition) is 10. The molecule has 0 spiro atoms. The van der Waals surface area contributed by atoms with Crippen molar-refractivity contribution >= 4 is 16.9 Å². The van der Waals surface area contributed by atoms with Gasteiger partial charge >= 0.3 is 11.6 Å². The minimum Gasteiger partial charge on any atom is -0.502 e. The first-order chi connectivity index (χ1) is 12.7. The molecule has 2 heterocycles. The summed E-state index contributed by atoms with van der Waals surface area (Å²) in [7, 11) is 1.25. The van der Waals surface area contributed by atoms with E-state index in [9.17, 15) is 30.0 Å². The number of phenolic OH excluding ortho intramolecular Hbond substituents is 1. The number of phenols is 1. The third-order valence-corrected chi connectivity index (χ3v) is 4.07. The summed E-state index contributed by atoms with van der Waals surface area (Å²) in [4.78, 5) is 22.6. The van der Waals surface area contributed by atoms with E-state index in [1.165, 1.54) is 19.2 Å². The normalized spacial score (nSPS) is 28.1. The minimum absolute atomic E-state index is 0.0443. The maximum atomic E-state index is 11.4. The third-order valence-electron chi connectivity index (χ3n) is 4.07.